The minimum atomic E-state index is -0.0336. The molecule has 0 radical (unpaired) electrons. The molecule has 2 aromatic heterocycles. The highest BCUT2D eigenvalue weighted by Crippen LogP contribution is 2.24. The molecule has 0 saturated heterocycles. The summed E-state index contributed by atoms with van der Waals surface area (Å²) >= 11 is 1.41. The van der Waals surface area contributed by atoms with Crippen molar-refractivity contribution in [3.05, 3.63) is 62.0 Å². The number of rotatable bonds is 3. The van der Waals surface area contributed by atoms with Crippen molar-refractivity contribution in [2.75, 3.05) is 0 Å². The highest BCUT2D eigenvalue weighted by molar-refractivity contribution is 7.17. The van der Waals surface area contributed by atoms with E-state index in [-0.39, 0.29) is 11.3 Å². The lowest BCUT2D eigenvalue weighted by atomic mass is 9.91. The maximum atomic E-state index is 12.6. The second kappa shape index (κ2) is 5.74. The molecule has 4 nitrogen and oxygen atoms in total. The molecule has 3 aromatic rings. The summed E-state index contributed by atoms with van der Waals surface area (Å²) in [6, 6.07) is 3.86. The number of aromatic nitrogens is 2. The Labute approximate surface area is 138 Å². The zero-order chi connectivity index (χ0) is 16.7. The lowest BCUT2D eigenvalue weighted by Gasteiger charge is -2.16. The Bertz CT molecular complexity index is 983. The lowest BCUT2D eigenvalue weighted by molar-refractivity contribution is 0.101. The first-order valence-corrected chi connectivity index (χ1v) is 8.31. The second-order valence-corrected chi connectivity index (χ2v) is 6.77. The van der Waals surface area contributed by atoms with Crippen LogP contribution in [-0.2, 0) is 6.54 Å². The Hall–Kier alpha value is -2.27. The van der Waals surface area contributed by atoms with Crippen molar-refractivity contribution in [2.24, 2.45) is 0 Å². The third-order valence-corrected chi connectivity index (χ3v) is 5.14. The number of carbonyl (C=O) groups excluding carboxylic acids is 1. The van der Waals surface area contributed by atoms with E-state index < -0.39 is 0 Å². The summed E-state index contributed by atoms with van der Waals surface area (Å²) in [5.41, 5.74) is 5.49. The zero-order valence-corrected chi connectivity index (χ0v) is 14.5. The standard InChI is InChI=1S/C18H18N2O2S/c1-10-7-11(2)16(13(4)21)12(3)14(10)8-20-9-19-15-5-6-23-17(15)18(20)22/h5-7,9H,8H2,1-4H3. The molecule has 0 saturated carbocycles. The van der Waals surface area contributed by atoms with E-state index in [0.717, 1.165) is 33.3 Å². The van der Waals surface area contributed by atoms with E-state index in [2.05, 4.69) is 4.98 Å². The molecule has 23 heavy (non-hydrogen) atoms. The van der Waals surface area contributed by atoms with Gasteiger partial charge in [0.1, 0.15) is 4.70 Å². The molecule has 3 rings (SSSR count). The molecule has 0 bridgehead atoms. The number of carbonyl (C=O) groups is 1. The van der Waals surface area contributed by atoms with E-state index in [0.29, 0.717) is 11.2 Å². The van der Waals surface area contributed by atoms with Crippen molar-refractivity contribution in [3.8, 4) is 0 Å². The molecule has 0 atom stereocenters. The highest BCUT2D eigenvalue weighted by atomic mass is 32.1. The van der Waals surface area contributed by atoms with Crippen LogP contribution in [-0.4, -0.2) is 15.3 Å². The molecular weight excluding hydrogens is 308 g/mol. The molecule has 0 spiro atoms. The van der Waals surface area contributed by atoms with Crippen LogP contribution in [0, 0.1) is 20.8 Å². The number of aryl methyl sites for hydroxylation is 2. The summed E-state index contributed by atoms with van der Waals surface area (Å²) in [4.78, 5) is 28.8. The van der Waals surface area contributed by atoms with Crippen LogP contribution in [0.25, 0.3) is 10.2 Å². The average Bonchev–Trinajstić information content (AvgIpc) is 2.94. The second-order valence-electron chi connectivity index (χ2n) is 5.86. The van der Waals surface area contributed by atoms with Crippen LogP contribution in [0.15, 0.2) is 28.6 Å². The first-order chi connectivity index (χ1) is 10.9. The molecule has 0 aliphatic rings. The third-order valence-electron chi connectivity index (χ3n) is 4.25. The van der Waals surface area contributed by atoms with Gasteiger partial charge in [-0.2, -0.15) is 0 Å². The monoisotopic (exact) mass is 326 g/mol. The first-order valence-electron chi connectivity index (χ1n) is 7.43. The molecule has 2 heterocycles. The number of fused-ring (bicyclic) bond motifs is 1. The van der Waals surface area contributed by atoms with Gasteiger partial charge in [-0.25, -0.2) is 4.98 Å². The highest BCUT2D eigenvalue weighted by Gasteiger charge is 2.15. The van der Waals surface area contributed by atoms with Gasteiger partial charge in [0.25, 0.3) is 5.56 Å². The van der Waals surface area contributed by atoms with E-state index in [4.69, 9.17) is 0 Å². The minimum absolute atomic E-state index is 0.0336. The molecule has 0 amide bonds. The van der Waals surface area contributed by atoms with Gasteiger partial charge >= 0.3 is 0 Å². The average molecular weight is 326 g/mol. The molecule has 118 valence electrons. The number of benzene rings is 1. The van der Waals surface area contributed by atoms with Crippen molar-refractivity contribution >= 4 is 27.3 Å². The van der Waals surface area contributed by atoms with Crippen molar-refractivity contribution in [1.29, 1.82) is 0 Å². The minimum Gasteiger partial charge on any atom is -0.294 e. The number of Topliss-reactive ketones (excluding diaryl/α,β-unsaturated/α-hetero) is 1. The van der Waals surface area contributed by atoms with Gasteiger partial charge in [0, 0.05) is 5.56 Å². The van der Waals surface area contributed by atoms with Gasteiger partial charge in [-0.15, -0.1) is 11.3 Å². The van der Waals surface area contributed by atoms with Gasteiger partial charge in [0.05, 0.1) is 18.4 Å². The summed E-state index contributed by atoms with van der Waals surface area (Å²) in [6.07, 6.45) is 1.59. The lowest BCUT2D eigenvalue weighted by Crippen LogP contribution is -2.21. The van der Waals surface area contributed by atoms with E-state index in [1.165, 1.54) is 11.3 Å². The Kier molecular flexibility index (Phi) is 3.90. The number of hydrogen-bond acceptors (Lipinski definition) is 4. The fourth-order valence-electron chi connectivity index (χ4n) is 3.17. The van der Waals surface area contributed by atoms with Crippen LogP contribution >= 0.6 is 11.3 Å². The maximum Gasteiger partial charge on any atom is 0.271 e. The van der Waals surface area contributed by atoms with Gasteiger partial charge in [-0.05, 0) is 61.4 Å². The fourth-order valence-corrected chi connectivity index (χ4v) is 3.97. The summed E-state index contributed by atoms with van der Waals surface area (Å²) in [6.45, 7) is 7.93. The zero-order valence-electron chi connectivity index (χ0n) is 13.6. The predicted molar refractivity (Wildman–Crippen MR) is 93.6 cm³/mol. The van der Waals surface area contributed by atoms with Crippen LogP contribution in [0.2, 0.25) is 0 Å². The van der Waals surface area contributed by atoms with Gasteiger partial charge in [-0.1, -0.05) is 6.07 Å². The van der Waals surface area contributed by atoms with Crippen molar-refractivity contribution in [1.82, 2.24) is 9.55 Å². The van der Waals surface area contributed by atoms with Crippen LogP contribution < -0.4 is 5.56 Å². The smallest absolute Gasteiger partial charge is 0.271 e. The Morgan fingerprint density at radius 2 is 2.00 bits per heavy atom. The number of thiophene rings is 1. The topological polar surface area (TPSA) is 52.0 Å². The number of nitrogens with zero attached hydrogens (tertiary/aromatic N) is 2. The number of ketones is 1. The normalized spacial score (nSPS) is 11.1. The van der Waals surface area contributed by atoms with Crippen molar-refractivity contribution in [3.63, 3.8) is 0 Å². The summed E-state index contributed by atoms with van der Waals surface area (Å²) in [7, 11) is 0. The van der Waals surface area contributed by atoms with Gasteiger partial charge in [0.15, 0.2) is 5.78 Å². The van der Waals surface area contributed by atoms with Gasteiger partial charge < -0.3 is 0 Å². The van der Waals surface area contributed by atoms with E-state index >= 15 is 0 Å². The molecule has 0 fully saturated rings. The molecule has 1 aromatic carbocycles. The quantitative estimate of drug-likeness (QED) is 0.691. The third kappa shape index (κ3) is 2.61. The molecule has 0 aliphatic carbocycles. The molecule has 0 aliphatic heterocycles. The van der Waals surface area contributed by atoms with Crippen LogP contribution in [0.4, 0.5) is 0 Å². The largest absolute Gasteiger partial charge is 0.294 e. The van der Waals surface area contributed by atoms with Crippen LogP contribution in [0.1, 0.15) is 39.5 Å². The van der Waals surface area contributed by atoms with Gasteiger partial charge in [0.2, 0.25) is 0 Å². The summed E-state index contributed by atoms with van der Waals surface area (Å²) in [5.74, 6) is 0.0560. The Balaban J connectivity index is 2.15. The number of hydrogen-bond donors (Lipinski definition) is 0. The Morgan fingerprint density at radius 3 is 2.70 bits per heavy atom. The van der Waals surface area contributed by atoms with E-state index in [1.54, 1.807) is 17.8 Å². The maximum absolute atomic E-state index is 12.6. The Morgan fingerprint density at radius 1 is 1.26 bits per heavy atom. The van der Waals surface area contributed by atoms with Crippen molar-refractivity contribution in [2.45, 2.75) is 34.2 Å². The van der Waals surface area contributed by atoms with Crippen LogP contribution in [0.5, 0.6) is 0 Å². The van der Waals surface area contributed by atoms with Gasteiger partial charge in [-0.3, -0.25) is 14.2 Å². The van der Waals surface area contributed by atoms with Crippen molar-refractivity contribution < 1.29 is 4.79 Å². The SMILES string of the molecule is CC(=O)c1c(C)cc(C)c(Cn2cnc3ccsc3c2=O)c1C. The molecular formula is C18H18N2O2S. The van der Waals surface area contributed by atoms with E-state index in [9.17, 15) is 9.59 Å². The molecule has 0 unspecified atom stereocenters. The fraction of sp³-hybridized carbons (Fsp3) is 0.278. The molecule has 5 heteroatoms. The predicted octanol–water partition coefficient (Wildman–Crippen LogP) is 3.63. The molecule has 0 N–H and O–H groups in total. The summed E-state index contributed by atoms with van der Waals surface area (Å²) in [5, 5.41) is 1.87. The first kappa shape index (κ1) is 15.6. The van der Waals surface area contributed by atoms with E-state index in [1.807, 2.05) is 38.3 Å². The van der Waals surface area contributed by atoms with Crippen LogP contribution in [0.3, 0.4) is 0 Å². The summed E-state index contributed by atoms with van der Waals surface area (Å²) < 4.78 is 2.29.